The first-order valence-electron chi connectivity index (χ1n) is 13.1. The largest absolute Gasteiger partial charge is 4.00 e. The molecule has 1 aliphatic rings. The molecule has 7 heteroatoms. The van der Waals surface area contributed by atoms with Gasteiger partial charge in [-0.3, -0.25) is 0 Å². The molecule has 0 spiro atoms. The van der Waals surface area contributed by atoms with Crippen LogP contribution in [0.3, 0.4) is 0 Å². The summed E-state index contributed by atoms with van der Waals surface area (Å²) >= 11 is 0. The average molecular weight is 517 g/mol. The van der Waals surface area contributed by atoms with E-state index in [2.05, 4.69) is 22.9 Å². The van der Waals surface area contributed by atoms with Gasteiger partial charge in [0.1, 0.15) is 0 Å². The van der Waals surface area contributed by atoms with Crippen molar-refractivity contribution in [1.29, 1.82) is 0 Å². The van der Waals surface area contributed by atoms with Crippen molar-refractivity contribution >= 4 is 6.09 Å². The van der Waals surface area contributed by atoms with Crippen molar-refractivity contribution in [3.05, 3.63) is 33.7 Å². The Morgan fingerprint density at radius 2 is 1.15 bits per heavy atom. The van der Waals surface area contributed by atoms with Crippen LogP contribution in [0.25, 0.3) is 16.0 Å². The van der Waals surface area contributed by atoms with Gasteiger partial charge in [-0.1, -0.05) is 73.8 Å². The van der Waals surface area contributed by atoms with Gasteiger partial charge in [-0.15, -0.1) is 6.92 Å². The summed E-state index contributed by atoms with van der Waals surface area (Å²) in [7, 11) is 0. The number of carbonyl (C=O) groups is 1. The van der Waals surface area contributed by atoms with Gasteiger partial charge in [-0.05, 0) is 27.7 Å². The molecule has 0 aromatic carbocycles. The van der Waals surface area contributed by atoms with Crippen LogP contribution in [0.2, 0.25) is 0 Å². The Hall–Kier alpha value is -0.526. The predicted molar refractivity (Wildman–Crippen MR) is 147 cm³/mol. The average Bonchev–Trinajstić information content (AvgIpc) is 2.76. The first-order chi connectivity index (χ1) is 15.7. The van der Waals surface area contributed by atoms with E-state index in [1.807, 2.05) is 69.2 Å². The third-order valence-corrected chi connectivity index (χ3v) is 4.76. The van der Waals surface area contributed by atoms with Gasteiger partial charge >= 0.3 is 27.8 Å². The van der Waals surface area contributed by atoms with Gasteiger partial charge < -0.3 is 25.6 Å². The number of hydrogen-bond donors (Lipinski definition) is 0. The monoisotopic (exact) mass is 516 g/mol. The van der Waals surface area contributed by atoms with Crippen molar-refractivity contribution in [3.8, 4) is 0 Å². The molecule has 0 heterocycles. The Balaban J connectivity index is -0.000000231. The van der Waals surface area contributed by atoms with E-state index < -0.39 is 0 Å². The van der Waals surface area contributed by atoms with Gasteiger partial charge in [-0.25, -0.2) is 10.4 Å². The van der Waals surface area contributed by atoms with E-state index in [0.717, 1.165) is 52.1 Å². The molecule has 0 saturated heterocycles. The topological polar surface area (TPSA) is 71.8 Å². The molecular weight excluding hydrogens is 460 g/mol. The quantitative estimate of drug-likeness (QED) is 0.216. The number of nitrogens with zero attached hydrogens (tertiary/aromatic N) is 4. The molecule has 0 unspecified atom stereocenters. The van der Waals surface area contributed by atoms with E-state index in [4.69, 9.17) is 4.74 Å². The van der Waals surface area contributed by atoms with Crippen LogP contribution in [0.1, 0.15) is 102 Å². The molecule has 0 saturated carbocycles. The first kappa shape index (κ1) is 40.6. The Kier molecular flexibility index (Phi) is 36.5. The predicted octanol–water partition coefficient (Wildman–Crippen LogP) is 8.49. The molecular formula is C27H56N4O2Ti. The molecule has 34 heavy (non-hydrogen) atoms. The van der Waals surface area contributed by atoms with E-state index in [9.17, 15) is 4.79 Å². The van der Waals surface area contributed by atoms with Crippen LogP contribution in [-0.4, -0.2) is 62.3 Å². The summed E-state index contributed by atoms with van der Waals surface area (Å²) in [6.07, 6.45) is 4.36. The second kappa shape index (κ2) is 30.5. The van der Waals surface area contributed by atoms with Gasteiger partial charge in [-0.2, -0.15) is 44.8 Å². The van der Waals surface area contributed by atoms with Crippen LogP contribution in [-0.2, 0) is 26.5 Å². The molecule has 0 fully saturated rings. The molecule has 0 aromatic rings. The number of carbonyl (C=O) groups excluding carboxylic acids is 1. The molecule has 200 valence electrons. The Bertz CT molecular complexity index is 430. The zero-order valence-corrected chi connectivity index (χ0v) is 26.0. The fourth-order valence-corrected chi connectivity index (χ4v) is 3.11. The summed E-state index contributed by atoms with van der Waals surface area (Å²) in [5, 5.41) is 11.9. The normalized spacial score (nSPS) is 12.3. The maximum Gasteiger partial charge on any atom is 4.00 e. The van der Waals surface area contributed by atoms with Gasteiger partial charge in [0, 0.05) is 12.1 Å². The maximum atomic E-state index is 12.0. The smallest absolute Gasteiger partial charge is 0.663 e. The van der Waals surface area contributed by atoms with Crippen molar-refractivity contribution in [2.75, 3.05) is 39.3 Å². The van der Waals surface area contributed by atoms with Gasteiger partial charge in [0.05, 0.1) is 0 Å². The second-order valence-corrected chi connectivity index (χ2v) is 8.18. The minimum absolute atomic E-state index is 0. The summed E-state index contributed by atoms with van der Waals surface area (Å²) in [4.78, 5) is 13.8. The maximum absolute atomic E-state index is 12.0. The number of hydrogen-bond acceptors (Lipinski definition) is 2. The summed E-state index contributed by atoms with van der Waals surface area (Å²) in [6, 6.07) is 0.319. The Morgan fingerprint density at radius 3 is 1.41 bits per heavy atom. The number of rotatable bonds is 10. The summed E-state index contributed by atoms with van der Waals surface area (Å²) in [6.45, 7) is 29.9. The third-order valence-electron chi connectivity index (χ3n) is 4.76. The van der Waals surface area contributed by atoms with E-state index >= 15 is 0 Å². The minimum atomic E-state index is -0.245. The van der Waals surface area contributed by atoms with Crippen molar-refractivity contribution in [2.45, 2.75) is 114 Å². The van der Waals surface area contributed by atoms with Crippen LogP contribution in [0.15, 0.2) is 11.1 Å². The zero-order chi connectivity index (χ0) is 26.1. The van der Waals surface area contributed by atoms with Crippen molar-refractivity contribution in [3.63, 3.8) is 0 Å². The molecule has 0 radical (unpaired) electrons. The molecule has 1 amide bonds. The van der Waals surface area contributed by atoms with Gasteiger partial charge in [0.15, 0.2) is 0 Å². The molecule has 0 aliphatic heterocycles. The van der Waals surface area contributed by atoms with Crippen LogP contribution in [0.4, 0.5) is 4.79 Å². The summed E-state index contributed by atoms with van der Waals surface area (Å²) in [5.41, 5.74) is 2.55. The molecule has 0 N–H and O–H groups in total. The summed E-state index contributed by atoms with van der Waals surface area (Å²) in [5.74, 6) is 0. The minimum Gasteiger partial charge on any atom is -0.663 e. The van der Waals surface area contributed by atoms with Crippen LogP contribution < -0.4 is 0 Å². The van der Waals surface area contributed by atoms with E-state index in [1.165, 1.54) is 24.0 Å². The van der Waals surface area contributed by atoms with Crippen molar-refractivity contribution < 1.29 is 31.2 Å². The van der Waals surface area contributed by atoms with Crippen LogP contribution >= 0.6 is 0 Å². The SMILES string of the molecule is CC1=C([CH-]OC(=O)N(C(C)C)C(C)C)CCCC1.CC[N-]CC.CC[N-]CC.CC[N-]CC.[Ti+4]. The summed E-state index contributed by atoms with van der Waals surface area (Å²) < 4.78 is 5.34. The van der Waals surface area contributed by atoms with E-state index in [0.29, 0.717) is 0 Å². The van der Waals surface area contributed by atoms with Crippen molar-refractivity contribution in [1.82, 2.24) is 4.90 Å². The first-order valence-corrected chi connectivity index (χ1v) is 13.1. The number of allylic oxidation sites excluding steroid dienone is 1. The molecule has 0 atom stereocenters. The fraction of sp³-hybridized carbons (Fsp3) is 0.852. The van der Waals surface area contributed by atoms with Crippen LogP contribution in [0.5, 0.6) is 0 Å². The van der Waals surface area contributed by atoms with Crippen molar-refractivity contribution in [2.24, 2.45) is 0 Å². The number of amides is 1. The zero-order valence-electron chi connectivity index (χ0n) is 24.4. The van der Waals surface area contributed by atoms with E-state index in [-0.39, 0.29) is 39.9 Å². The second-order valence-electron chi connectivity index (χ2n) is 8.18. The fourth-order valence-electron chi connectivity index (χ4n) is 3.11. The molecule has 0 bridgehead atoms. The van der Waals surface area contributed by atoms with E-state index in [1.54, 1.807) is 11.5 Å². The molecule has 0 aromatic heterocycles. The molecule has 1 aliphatic carbocycles. The molecule has 1 rings (SSSR count). The Labute approximate surface area is 228 Å². The standard InChI is InChI=1S/C15H26NO2.3C4H10N.Ti/c1-11(2)16(12(3)4)15(17)18-10-14-9-7-6-8-13(14)5;3*1-3-5-4-2;/h10-12H,6-9H2,1-5H3;3*3-4H2,1-2H3;/q4*-1;+4. The van der Waals surface area contributed by atoms with Gasteiger partial charge in [0.25, 0.3) is 0 Å². The third kappa shape index (κ3) is 26.1. The molecule has 6 nitrogen and oxygen atoms in total. The number of ether oxygens (including phenoxy) is 1. The Morgan fingerprint density at radius 1 is 0.794 bits per heavy atom. The van der Waals surface area contributed by atoms with Gasteiger partial charge in [0.2, 0.25) is 0 Å². The van der Waals surface area contributed by atoms with Crippen LogP contribution in [0, 0.1) is 6.61 Å².